The molecule has 1 heterocycles. The van der Waals surface area contributed by atoms with Crippen molar-refractivity contribution in [2.75, 3.05) is 13.1 Å². The fourth-order valence-electron chi connectivity index (χ4n) is 3.00. The number of nitrogens with two attached hydrogens (primary N) is 1. The van der Waals surface area contributed by atoms with Crippen LogP contribution in [0.25, 0.3) is 0 Å². The van der Waals surface area contributed by atoms with Gasteiger partial charge in [0.2, 0.25) is 0 Å². The van der Waals surface area contributed by atoms with Crippen molar-refractivity contribution in [3.63, 3.8) is 0 Å². The Morgan fingerprint density at radius 1 is 0.840 bits per heavy atom. The van der Waals surface area contributed by atoms with Gasteiger partial charge < -0.3 is 15.4 Å². The highest BCUT2D eigenvalue weighted by atomic mass is 16.5. The van der Waals surface area contributed by atoms with Crippen molar-refractivity contribution >= 4 is 5.96 Å². The second kappa shape index (κ2) is 9.23. The first-order chi connectivity index (χ1) is 12.3. The maximum atomic E-state index is 6.10. The second-order valence-corrected chi connectivity index (χ2v) is 6.52. The van der Waals surface area contributed by atoms with Gasteiger partial charge >= 0.3 is 0 Å². The van der Waals surface area contributed by atoms with Crippen molar-refractivity contribution in [2.45, 2.75) is 39.0 Å². The maximum Gasteiger partial charge on any atom is 0.191 e. The molecule has 0 unspecified atom stereocenters. The number of piperidine rings is 1. The fourth-order valence-corrected chi connectivity index (χ4v) is 3.00. The summed E-state index contributed by atoms with van der Waals surface area (Å²) in [7, 11) is 0. The van der Waals surface area contributed by atoms with Crippen LogP contribution in [-0.2, 0) is 24.5 Å². The van der Waals surface area contributed by atoms with Gasteiger partial charge in [0.25, 0.3) is 0 Å². The predicted molar refractivity (Wildman–Crippen MR) is 102 cm³/mol. The molecule has 3 rings (SSSR count). The Labute approximate surface area is 150 Å². The Hall–Kier alpha value is -2.33. The quantitative estimate of drug-likeness (QED) is 0.646. The molecule has 0 aromatic heterocycles. The van der Waals surface area contributed by atoms with Crippen molar-refractivity contribution in [3.8, 4) is 0 Å². The second-order valence-electron chi connectivity index (χ2n) is 6.52. The first-order valence-corrected chi connectivity index (χ1v) is 9.05. The van der Waals surface area contributed by atoms with Gasteiger partial charge in [-0.1, -0.05) is 54.6 Å². The Kier molecular flexibility index (Phi) is 6.46. The van der Waals surface area contributed by atoms with E-state index >= 15 is 0 Å². The Morgan fingerprint density at radius 2 is 1.44 bits per heavy atom. The number of ether oxygens (including phenoxy) is 1. The molecule has 2 aromatic carbocycles. The molecule has 0 aliphatic carbocycles. The number of likely N-dealkylation sites (tertiary alicyclic amines) is 1. The third kappa shape index (κ3) is 5.61. The minimum atomic E-state index is 0.619. The van der Waals surface area contributed by atoms with Crippen LogP contribution in [0.1, 0.15) is 36.0 Å². The van der Waals surface area contributed by atoms with E-state index in [1.807, 2.05) is 18.2 Å². The Bertz CT molecular complexity index is 661. The molecular formula is C21H27N3O. The molecule has 0 spiro atoms. The van der Waals surface area contributed by atoms with Crippen molar-refractivity contribution < 1.29 is 4.74 Å². The van der Waals surface area contributed by atoms with E-state index in [9.17, 15) is 0 Å². The van der Waals surface area contributed by atoms with E-state index in [0.717, 1.165) is 13.1 Å². The van der Waals surface area contributed by atoms with E-state index in [4.69, 9.17) is 10.5 Å². The van der Waals surface area contributed by atoms with Gasteiger partial charge in [-0.2, -0.15) is 0 Å². The average molecular weight is 337 g/mol. The molecule has 1 aliphatic heterocycles. The van der Waals surface area contributed by atoms with Gasteiger partial charge in [-0.25, -0.2) is 4.99 Å². The van der Waals surface area contributed by atoms with Gasteiger partial charge in [0.05, 0.1) is 19.8 Å². The summed E-state index contributed by atoms with van der Waals surface area (Å²) < 4.78 is 5.77. The zero-order chi connectivity index (χ0) is 17.3. The van der Waals surface area contributed by atoms with E-state index in [1.54, 1.807) is 0 Å². The van der Waals surface area contributed by atoms with Gasteiger partial charge in [-0.05, 0) is 36.0 Å². The number of rotatable bonds is 6. The molecule has 0 amide bonds. The van der Waals surface area contributed by atoms with E-state index in [0.29, 0.717) is 25.7 Å². The first kappa shape index (κ1) is 17.5. The Balaban J connectivity index is 1.45. The standard InChI is InChI=1S/C21H27N3O/c22-21(24-13-5-2-6-14-24)23-15-18-9-11-20(12-10-18)17-25-16-19-7-3-1-4-8-19/h1,3-4,7-12H,2,5-6,13-17H2,(H2,22,23). The average Bonchev–Trinajstić information content (AvgIpc) is 2.68. The minimum Gasteiger partial charge on any atom is -0.372 e. The summed E-state index contributed by atoms with van der Waals surface area (Å²) >= 11 is 0. The number of benzene rings is 2. The molecule has 0 atom stereocenters. The number of hydrogen-bond acceptors (Lipinski definition) is 2. The van der Waals surface area contributed by atoms with Crippen LogP contribution >= 0.6 is 0 Å². The Morgan fingerprint density at radius 3 is 2.12 bits per heavy atom. The molecule has 4 nitrogen and oxygen atoms in total. The van der Waals surface area contributed by atoms with Crippen LogP contribution in [0.3, 0.4) is 0 Å². The molecule has 0 radical (unpaired) electrons. The molecule has 1 aliphatic rings. The zero-order valence-corrected chi connectivity index (χ0v) is 14.7. The minimum absolute atomic E-state index is 0.619. The van der Waals surface area contributed by atoms with Gasteiger partial charge in [0.15, 0.2) is 5.96 Å². The molecular weight excluding hydrogens is 310 g/mol. The summed E-state index contributed by atoms with van der Waals surface area (Å²) in [6.07, 6.45) is 3.74. The van der Waals surface area contributed by atoms with Gasteiger partial charge in [-0.15, -0.1) is 0 Å². The molecule has 0 bridgehead atoms. The number of hydrogen-bond donors (Lipinski definition) is 1. The topological polar surface area (TPSA) is 50.9 Å². The van der Waals surface area contributed by atoms with Crippen molar-refractivity contribution in [1.82, 2.24) is 4.90 Å². The summed E-state index contributed by atoms with van der Waals surface area (Å²) in [4.78, 5) is 6.73. The first-order valence-electron chi connectivity index (χ1n) is 9.05. The highest BCUT2D eigenvalue weighted by Crippen LogP contribution is 2.11. The molecule has 4 heteroatoms. The lowest BCUT2D eigenvalue weighted by molar-refractivity contribution is 0.107. The maximum absolute atomic E-state index is 6.10. The third-order valence-corrected chi connectivity index (χ3v) is 4.51. The van der Waals surface area contributed by atoms with Crippen LogP contribution in [0, 0.1) is 0 Å². The third-order valence-electron chi connectivity index (χ3n) is 4.51. The van der Waals surface area contributed by atoms with E-state index in [1.165, 1.54) is 36.0 Å². The highest BCUT2D eigenvalue weighted by molar-refractivity contribution is 5.78. The summed E-state index contributed by atoms with van der Waals surface area (Å²) in [6, 6.07) is 18.7. The van der Waals surface area contributed by atoms with Crippen LogP contribution in [0.15, 0.2) is 59.6 Å². The van der Waals surface area contributed by atoms with E-state index < -0.39 is 0 Å². The zero-order valence-electron chi connectivity index (χ0n) is 14.7. The molecule has 132 valence electrons. The molecule has 1 fully saturated rings. The van der Waals surface area contributed by atoms with Crippen LogP contribution in [0.2, 0.25) is 0 Å². The molecule has 2 aromatic rings. The summed E-state index contributed by atoms with van der Waals surface area (Å²) in [5.74, 6) is 0.676. The van der Waals surface area contributed by atoms with Crippen molar-refractivity contribution in [2.24, 2.45) is 10.7 Å². The number of nitrogens with zero attached hydrogens (tertiary/aromatic N) is 2. The summed E-state index contributed by atoms with van der Waals surface area (Å²) in [6.45, 7) is 3.96. The van der Waals surface area contributed by atoms with E-state index in [-0.39, 0.29) is 0 Å². The lowest BCUT2D eigenvalue weighted by atomic mass is 10.1. The predicted octanol–water partition coefficient (Wildman–Crippen LogP) is 3.70. The van der Waals surface area contributed by atoms with E-state index in [2.05, 4.69) is 46.3 Å². The molecule has 2 N–H and O–H groups in total. The van der Waals surface area contributed by atoms with Gasteiger partial charge in [0.1, 0.15) is 0 Å². The van der Waals surface area contributed by atoms with Gasteiger partial charge in [-0.3, -0.25) is 0 Å². The summed E-state index contributed by atoms with van der Waals surface area (Å²) in [5.41, 5.74) is 9.65. The molecule has 1 saturated heterocycles. The van der Waals surface area contributed by atoms with Crippen molar-refractivity contribution in [1.29, 1.82) is 0 Å². The largest absolute Gasteiger partial charge is 0.372 e. The number of aliphatic imine (C=N–C) groups is 1. The fraction of sp³-hybridized carbons (Fsp3) is 0.381. The normalized spacial score (nSPS) is 15.4. The van der Waals surface area contributed by atoms with Crippen molar-refractivity contribution in [3.05, 3.63) is 71.3 Å². The van der Waals surface area contributed by atoms with Crippen LogP contribution < -0.4 is 5.73 Å². The molecule has 0 saturated carbocycles. The van der Waals surface area contributed by atoms with Crippen LogP contribution in [-0.4, -0.2) is 23.9 Å². The lowest BCUT2D eigenvalue weighted by Crippen LogP contribution is -2.40. The molecule has 25 heavy (non-hydrogen) atoms. The van der Waals surface area contributed by atoms with Gasteiger partial charge in [0, 0.05) is 13.1 Å². The summed E-state index contributed by atoms with van der Waals surface area (Å²) in [5, 5.41) is 0. The van der Waals surface area contributed by atoms with Crippen LogP contribution in [0.5, 0.6) is 0 Å². The lowest BCUT2D eigenvalue weighted by Gasteiger charge is -2.27. The highest BCUT2D eigenvalue weighted by Gasteiger charge is 2.11. The monoisotopic (exact) mass is 337 g/mol. The SMILES string of the molecule is NC(=NCc1ccc(COCc2ccccc2)cc1)N1CCCCC1. The van der Waals surface area contributed by atoms with Crippen LogP contribution in [0.4, 0.5) is 0 Å². The number of guanidine groups is 1. The smallest absolute Gasteiger partial charge is 0.191 e.